The minimum atomic E-state index is -0.256. The van der Waals surface area contributed by atoms with Crippen LogP contribution in [0.4, 0.5) is 5.82 Å². The maximum Gasteiger partial charge on any atom is 0.267 e. The molecule has 2 aromatic rings. The van der Waals surface area contributed by atoms with Crippen molar-refractivity contribution >= 4 is 51.7 Å². The van der Waals surface area contributed by atoms with Gasteiger partial charge in [-0.15, -0.1) is 0 Å². The fourth-order valence-corrected chi connectivity index (χ4v) is 4.26. The smallest absolute Gasteiger partial charge is 0.267 e. The van der Waals surface area contributed by atoms with E-state index >= 15 is 0 Å². The van der Waals surface area contributed by atoms with Gasteiger partial charge in [0.1, 0.15) is 15.8 Å². The largest absolute Gasteiger partial charge is 0.383 e. The van der Waals surface area contributed by atoms with Crippen molar-refractivity contribution in [1.29, 1.82) is 0 Å². The minimum absolute atomic E-state index is 0.166. The SMILES string of the molecule is COCCN1C(=O)/C(=C/c2c(NCCCOC(C)C)nc3ccccn3c2=O)SC1=S. The number of nitrogens with one attached hydrogen (secondary N) is 1. The molecule has 0 radical (unpaired) electrons. The zero-order valence-corrected chi connectivity index (χ0v) is 19.4. The molecule has 0 saturated carbocycles. The highest BCUT2D eigenvalue weighted by atomic mass is 32.2. The van der Waals surface area contributed by atoms with E-state index in [-0.39, 0.29) is 17.6 Å². The highest BCUT2D eigenvalue weighted by molar-refractivity contribution is 8.26. The predicted octanol–water partition coefficient (Wildman–Crippen LogP) is 2.77. The van der Waals surface area contributed by atoms with Gasteiger partial charge in [0, 0.05) is 26.5 Å². The average Bonchev–Trinajstić information content (AvgIpc) is 3.01. The summed E-state index contributed by atoms with van der Waals surface area (Å²) in [4.78, 5) is 32.5. The third kappa shape index (κ3) is 5.70. The van der Waals surface area contributed by atoms with Crippen LogP contribution in [-0.2, 0) is 14.3 Å². The van der Waals surface area contributed by atoms with Gasteiger partial charge in [0.15, 0.2) is 0 Å². The molecule has 10 heteroatoms. The lowest BCUT2D eigenvalue weighted by Gasteiger charge is -2.13. The molecule has 3 rings (SSSR count). The Morgan fingerprint density at radius 1 is 1.29 bits per heavy atom. The molecule has 0 aliphatic carbocycles. The second-order valence-electron chi connectivity index (χ2n) is 7.13. The molecule has 3 heterocycles. The Kier molecular flexibility index (Phi) is 8.19. The normalized spacial score (nSPS) is 15.6. The number of thioether (sulfide) groups is 1. The van der Waals surface area contributed by atoms with E-state index in [0.717, 1.165) is 6.42 Å². The summed E-state index contributed by atoms with van der Waals surface area (Å²) in [6.45, 7) is 5.91. The van der Waals surface area contributed by atoms with E-state index in [1.807, 2.05) is 19.9 Å². The first-order chi connectivity index (χ1) is 14.9. The maximum atomic E-state index is 13.2. The molecule has 2 aromatic heterocycles. The van der Waals surface area contributed by atoms with Crippen LogP contribution in [0.1, 0.15) is 25.8 Å². The summed E-state index contributed by atoms with van der Waals surface area (Å²) in [6.07, 6.45) is 4.16. The molecule has 0 spiro atoms. The van der Waals surface area contributed by atoms with Crippen molar-refractivity contribution in [3.05, 3.63) is 45.2 Å². The van der Waals surface area contributed by atoms with Gasteiger partial charge in [0.2, 0.25) is 0 Å². The zero-order chi connectivity index (χ0) is 22.4. The number of carbonyl (C=O) groups excluding carboxylic acids is 1. The summed E-state index contributed by atoms with van der Waals surface area (Å²) in [6, 6.07) is 5.35. The lowest BCUT2D eigenvalue weighted by molar-refractivity contribution is -0.122. The zero-order valence-electron chi connectivity index (χ0n) is 17.8. The van der Waals surface area contributed by atoms with E-state index in [1.165, 1.54) is 21.1 Å². The Hall–Kier alpha value is -2.27. The van der Waals surface area contributed by atoms with E-state index in [2.05, 4.69) is 10.3 Å². The molecule has 1 amide bonds. The van der Waals surface area contributed by atoms with Gasteiger partial charge in [-0.2, -0.15) is 0 Å². The Morgan fingerprint density at radius 3 is 2.84 bits per heavy atom. The molecule has 8 nitrogen and oxygen atoms in total. The second-order valence-corrected chi connectivity index (χ2v) is 8.81. The fraction of sp³-hybridized carbons (Fsp3) is 0.429. The molecule has 166 valence electrons. The van der Waals surface area contributed by atoms with Crippen molar-refractivity contribution in [3.8, 4) is 0 Å². The van der Waals surface area contributed by atoms with E-state index < -0.39 is 0 Å². The summed E-state index contributed by atoms with van der Waals surface area (Å²) in [7, 11) is 1.57. The number of hydrogen-bond donors (Lipinski definition) is 1. The van der Waals surface area contributed by atoms with Gasteiger partial charge in [-0.25, -0.2) is 4.98 Å². The van der Waals surface area contributed by atoms with Crippen LogP contribution in [0.15, 0.2) is 34.1 Å². The van der Waals surface area contributed by atoms with Crippen LogP contribution in [-0.4, -0.2) is 64.0 Å². The van der Waals surface area contributed by atoms with Crippen LogP contribution in [0.25, 0.3) is 11.7 Å². The van der Waals surface area contributed by atoms with Gasteiger partial charge in [-0.3, -0.25) is 18.9 Å². The summed E-state index contributed by atoms with van der Waals surface area (Å²) < 4.78 is 12.5. The number of carbonyl (C=O) groups is 1. The van der Waals surface area contributed by atoms with Gasteiger partial charge in [0.05, 0.1) is 29.7 Å². The van der Waals surface area contributed by atoms with E-state index in [9.17, 15) is 9.59 Å². The van der Waals surface area contributed by atoms with Crippen LogP contribution in [0.2, 0.25) is 0 Å². The molecule has 1 N–H and O–H groups in total. The Labute approximate surface area is 190 Å². The van der Waals surface area contributed by atoms with Crippen LogP contribution < -0.4 is 10.9 Å². The molecule has 0 unspecified atom stereocenters. The summed E-state index contributed by atoms with van der Waals surface area (Å²) in [5.41, 5.74) is 0.590. The summed E-state index contributed by atoms with van der Waals surface area (Å²) in [5, 5.41) is 3.23. The molecular weight excluding hydrogens is 436 g/mol. The standard InChI is InChI=1S/C21H26N4O4S2/c1-14(2)29-11-6-8-22-18-15(19(26)24-9-5-4-7-17(24)23-18)13-16-20(27)25(10-12-28-3)21(30)31-16/h4-5,7,9,13-14,22H,6,8,10-12H2,1-3H3/b16-13-. The van der Waals surface area contributed by atoms with Crippen molar-refractivity contribution in [2.24, 2.45) is 0 Å². The highest BCUT2D eigenvalue weighted by Gasteiger charge is 2.32. The lowest BCUT2D eigenvalue weighted by Crippen LogP contribution is -2.31. The third-order valence-corrected chi connectivity index (χ3v) is 5.88. The first-order valence-corrected chi connectivity index (χ1v) is 11.3. The topological polar surface area (TPSA) is 85.2 Å². The number of rotatable bonds is 10. The summed E-state index contributed by atoms with van der Waals surface area (Å²) >= 11 is 6.50. The van der Waals surface area contributed by atoms with Gasteiger partial charge in [-0.1, -0.05) is 30.0 Å². The monoisotopic (exact) mass is 462 g/mol. The van der Waals surface area contributed by atoms with Crippen molar-refractivity contribution < 1.29 is 14.3 Å². The number of pyridine rings is 1. The fourth-order valence-electron chi connectivity index (χ4n) is 2.97. The van der Waals surface area contributed by atoms with E-state index in [1.54, 1.807) is 31.5 Å². The van der Waals surface area contributed by atoms with Crippen LogP contribution in [0.3, 0.4) is 0 Å². The Balaban J connectivity index is 1.91. The molecule has 1 saturated heterocycles. The molecule has 0 atom stereocenters. The number of anilines is 1. The number of ether oxygens (including phenoxy) is 2. The van der Waals surface area contributed by atoms with Crippen LogP contribution in [0, 0.1) is 0 Å². The van der Waals surface area contributed by atoms with Gasteiger partial charge < -0.3 is 14.8 Å². The molecule has 1 fully saturated rings. The molecule has 1 aliphatic rings. The highest BCUT2D eigenvalue weighted by Crippen LogP contribution is 2.32. The van der Waals surface area contributed by atoms with Crippen molar-refractivity contribution in [1.82, 2.24) is 14.3 Å². The number of aromatic nitrogens is 2. The van der Waals surface area contributed by atoms with E-state index in [0.29, 0.717) is 52.6 Å². The number of thiocarbonyl (C=S) groups is 1. The number of fused-ring (bicyclic) bond motifs is 1. The minimum Gasteiger partial charge on any atom is -0.383 e. The Morgan fingerprint density at radius 2 is 2.10 bits per heavy atom. The quantitative estimate of drug-likeness (QED) is 0.328. The van der Waals surface area contributed by atoms with Gasteiger partial charge in [0.25, 0.3) is 11.5 Å². The number of hydrogen-bond acceptors (Lipinski definition) is 8. The lowest BCUT2D eigenvalue weighted by atomic mass is 10.2. The van der Waals surface area contributed by atoms with Crippen LogP contribution >= 0.6 is 24.0 Å². The second kappa shape index (κ2) is 10.9. The molecular formula is C21H26N4O4S2. The van der Waals surface area contributed by atoms with Crippen molar-refractivity contribution in [2.45, 2.75) is 26.4 Å². The van der Waals surface area contributed by atoms with Crippen LogP contribution in [0.5, 0.6) is 0 Å². The number of methoxy groups -OCH3 is 1. The number of nitrogens with zero attached hydrogens (tertiary/aromatic N) is 3. The molecule has 0 bridgehead atoms. The molecule has 0 aromatic carbocycles. The van der Waals surface area contributed by atoms with Crippen molar-refractivity contribution in [2.75, 3.05) is 38.7 Å². The summed E-state index contributed by atoms with van der Waals surface area (Å²) in [5.74, 6) is 0.198. The first kappa shape index (κ1) is 23.4. The first-order valence-electron chi connectivity index (χ1n) is 10.0. The van der Waals surface area contributed by atoms with E-state index in [4.69, 9.17) is 21.7 Å². The molecule has 1 aliphatic heterocycles. The third-order valence-electron chi connectivity index (χ3n) is 4.50. The van der Waals surface area contributed by atoms with Gasteiger partial charge >= 0.3 is 0 Å². The number of amides is 1. The predicted molar refractivity (Wildman–Crippen MR) is 127 cm³/mol. The van der Waals surface area contributed by atoms with Gasteiger partial charge in [-0.05, 0) is 38.5 Å². The molecule has 31 heavy (non-hydrogen) atoms. The maximum absolute atomic E-state index is 13.2. The Bertz CT molecular complexity index is 1050. The van der Waals surface area contributed by atoms with Crippen molar-refractivity contribution in [3.63, 3.8) is 0 Å². The average molecular weight is 463 g/mol.